The monoisotopic (exact) mass is 393 g/mol. The normalized spacial score (nSPS) is 15.6. The van der Waals surface area contributed by atoms with Gasteiger partial charge in [0.05, 0.1) is 19.4 Å². The Balaban J connectivity index is 1.71. The minimum Gasteiger partial charge on any atom is -0.494 e. The summed E-state index contributed by atoms with van der Waals surface area (Å²) in [5.74, 6) is 2.25. The Morgan fingerprint density at radius 1 is 1.17 bits per heavy atom. The van der Waals surface area contributed by atoms with Crippen molar-refractivity contribution in [3.8, 4) is 17.4 Å². The van der Waals surface area contributed by atoms with Gasteiger partial charge in [0.2, 0.25) is 11.8 Å². The minimum absolute atomic E-state index is 0.0589. The summed E-state index contributed by atoms with van der Waals surface area (Å²) < 4.78 is 12.4. The van der Waals surface area contributed by atoms with Crippen molar-refractivity contribution in [2.24, 2.45) is 0 Å². The maximum Gasteiger partial charge on any atom is 0.233 e. The van der Waals surface area contributed by atoms with E-state index in [1.165, 1.54) is 7.11 Å². The zero-order chi connectivity index (χ0) is 20.4. The molecule has 4 rings (SSSR count). The maximum absolute atomic E-state index is 12.5. The number of hydrogen-bond donors (Lipinski definition) is 1. The number of aromatic nitrogens is 4. The predicted octanol–water partition coefficient (Wildman–Crippen LogP) is 3.24. The van der Waals surface area contributed by atoms with Crippen LogP contribution in [0.25, 0.3) is 5.82 Å². The number of ether oxygens (including phenoxy) is 2. The Morgan fingerprint density at radius 3 is 2.62 bits per heavy atom. The Labute approximate surface area is 168 Å². The smallest absolute Gasteiger partial charge is 0.233 e. The van der Waals surface area contributed by atoms with E-state index >= 15 is 0 Å². The van der Waals surface area contributed by atoms with Gasteiger partial charge in [-0.25, -0.2) is 0 Å². The molecule has 3 heterocycles. The molecule has 0 fully saturated rings. The summed E-state index contributed by atoms with van der Waals surface area (Å²) in [4.78, 5) is 12.5. The molecule has 0 saturated carbocycles. The number of aryl methyl sites for hydroxylation is 1. The van der Waals surface area contributed by atoms with E-state index in [2.05, 4.69) is 27.5 Å². The summed E-state index contributed by atoms with van der Waals surface area (Å²) in [5.41, 5.74) is 2.88. The highest BCUT2D eigenvalue weighted by Gasteiger charge is 2.33. The molecule has 0 aliphatic carbocycles. The zero-order valence-corrected chi connectivity index (χ0v) is 16.7. The molecule has 1 amide bonds. The van der Waals surface area contributed by atoms with Crippen LogP contribution in [0.3, 0.4) is 0 Å². The molecule has 2 aromatic heterocycles. The average molecular weight is 393 g/mol. The van der Waals surface area contributed by atoms with Crippen LogP contribution in [0, 0.1) is 6.92 Å². The average Bonchev–Trinajstić information content (AvgIpc) is 3.08. The van der Waals surface area contributed by atoms with Crippen molar-refractivity contribution in [3.63, 3.8) is 0 Å². The molecule has 8 nitrogen and oxygen atoms in total. The van der Waals surface area contributed by atoms with Gasteiger partial charge in [-0.3, -0.25) is 4.79 Å². The fourth-order valence-corrected chi connectivity index (χ4v) is 3.55. The number of methoxy groups -OCH3 is 1. The molecule has 1 N–H and O–H groups in total. The first-order valence-corrected chi connectivity index (χ1v) is 9.61. The molecule has 1 aliphatic heterocycles. The molecule has 1 aliphatic rings. The highest BCUT2D eigenvalue weighted by Crippen LogP contribution is 2.40. The van der Waals surface area contributed by atoms with Gasteiger partial charge in [-0.1, -0.05) is 19.1 Å². The maximum atomic E-state index is 12.5. The van der Waals surface area contributed by atoms with E-state index in [9.17, 15) is 4.79 Å². The molecule has 0 bridgehead atoms. The first-order valence-electron chi connectivity index (χ1n) is 9.61. The Morgan fingerprint density at radius 2 is 1.97 bits per heavy atom. The van der Waals surface area contributed by atoms with Crippen molar-refractivity contribution in [3.05, 3.63) is 53.2 Å². The summed E-state index contributed by atoms with van der Waals surface area (Å²) >= 11 is 0. The third kappa shape index (κ3) is 3.65. The lowest BCUT2D eigenvalue weighted by atomic mass is 9.86. The van der Waals surface area contributed by atoms with E-state index in [1.54, 1.807) is 16.8 Å². The summed E-state index contributed by atoms with van der Waals surface area (Å²) in [5, 5.41) is 15.7. The molecule has 8 heteroatoms. The lowest BCUT2D eigenvalue weighted by Crippen LogP contribution is -2.25. The number of hydrogen-bond acceptors (Lipinski definition) is 6. The molecular weight excluding hydrogens is 370 g/mol. The number of benzene rings is 1. The lowest BCUT2D eigenvalue weighted by Gasteiger charge is -2.24. The summed E-state index contributed by atoms with van der Waals surface area (Å²) in [6.07, 6.45) is 1.32. The van der Waals surface area contributed by atoms with Crippen molar-refractivity contribution in [1.29, 1.82) is 0 Å². The lowest BCUT2D eigenvalue weighted by molar-refractivity contribution is -0.116. The van der Waals surface area contributed by atoms with Gasteiger partial charge in [-0.15, -0.1) is 10.2 Å². The number of nitrogens with zero attached hydrogens (tertiary/aromatic N) is 4. The summed E-state index contributed by atoms with van der Waals surface area (Å²) in [7, 11) is 1.53. The van der Waals surface area contributed by atoms with Crippen molar-refractivity contribution >= 4 is 11.7 Å². The molecule has 3 aromatic rings. The van der Waals surface area contributed by atoms with Crippen molar-refractivity contribution in [2.45, 2.75) is 32.6 Å². The number of carbonyl (C=O) groups excluding carboxylic acids is 1. The van der Waals surface area contributed by atoms with Gasteiger partial charge in [0, 0.05) is 24.0 Å². The van der Waals surface area contributed by atoms with Crippen LogP contribution in [0.15, 0.2) is 36.4 Å². The number of nitrogens with one attached hydrogen (secondary N) is 1. The second kappa shape index (κ2) is 7.90. The molecular formula is C21H23N5O3. The van der Waals surface area contributed by atoms with Crippen LogP contribution in [0.2, 0.25) is 0 Å². The second-order valence-corrected chi connectivity index (χ2v) is 6.92. The first kappa shape index (κ1) is 18.9. The standard InChI is InChI=1S/C21H23N5O3/c1-4-11-29-15-7-5-14(6-8-15)16-12-18(27)22-21-20(16)13(2)25-26(21)17-9-10-19(28-3)24-23-17/h5-10,16H,4,11-12H2,1-3H3,(H,22,27). The quantitative estimate of drug-likeness (QED) is 0.691. The highest BCUT2D eigenvalue weighted by atomic mass is 16.5. The van der Waals surface area contributed by atoms with Gasteiger partial charge < -0.3 is 14.8 Å². The van der Waals surface area contributed by atoms with Crippen molar-refractivity contribution in [1.82, 2.24) is 20.0 Å². The third-order valence-corrected chi connectivity index (χ3v) is 4.91. The Bertz CT molecular complexity index is 1010. The molecule has 1 aromatic carbocycles. The molecule has 1 unspecified atom stereocenters. The highest BCUT2D eigenvalue weighted by molar-refractivity contribution is 5.95. The van der Waals surface area contributed by atoms with Crippen LogP contribution in [0.5, 0.6) is 11.6 Å². The SMILES string of the molecule is CCCOc1ccc(C2CC(=O)Nc3c2c(C)nn3-c2ccc(OC)nn2)cc1. The van der Waals surface area contributed by atoms with E-state index in [4.69, 9.17) is 9.47 Å². The number of amides is 1. The first-order chi connectivity index (χ1) is 14.1. The van der Waals surface area contributed by atoms with E-state index in [0.29, 0.717) is 30.5 Å². The van der Waals surface area contributed by atoms with Gasteiger partial charge in [0.15, 0.2) is 5.82 Å². The third-order valence-electron chi connectivity index (χ3n) is 4.91. The van der Waals surface area contributed by atoms with Crippen molar-refractivity contribution < 1.29 is 14.3 Å². The summed E-state index contributed by atoms with van der Waals surface area (Å²) in [6.45, 7) is 4.70. The minimum atomic E-state index is -0.0843. The zero-order valence-electron chi connectivity index (χ0n) is 16.7. The fourth-order valence-electron chi connectivity index (χ4n) is 3.55. The molecule has 150 valence electrons. The fraction of sp³-hybridized carbons (Fsp3) is 0.333. The number of rotatable bonds is 6. The molecule has 0 spiro atoms. The molecule has 0 saturated heterocycles. The van der Waals surface area contributed by atoms with Gasteiger partial charge >= 0.3 is 0 Å². The Kier molecular flexibility index (Phi) is 5.16. The number of fused-ring (bicyclic) bond motifs is 1. The predicted molar refractivity (Wildman–Crippen MR) is 108 cm³/mol. The molecule has 0 radical (unpaired) electrons. The van der Waals surface area contributed by atoms with E-state index in [0.717, 1.165) is 29.0 Å². The van der Waals surface area contributed by atoms with Gasteiger partial charge in [-0.05, 0) is 37.1 Å². The van der Waals surface area contributed by atoms with Crippen LogP contribution in [-0.2, 0) is 4.79 Å². The molecule has 29 heavy (non-hydrogen) atoms. The van der Waals surface area contributed by atoms with Crippen LogP contribution >= 0.6 is 0 Å². The van der Waals surface area contributed by atoms with Crippen LogP contribution < -0.4 is 14.8 Å². The van der Waals surface area contributed by atoms with E-state index in [1.807, 2.05) is 31.2 Å². The van der Waals surface area contributed by atoms with Gasteiger partial charge in [0.25, 0.3) is 0 Å². The van der Waals surface area contributed by atoms with Gasteiger partial charge in [-0.2, -0.15) is 9.78 Å². The van der Waals surface area contributed by atoms with Crippen LogP contribution in [-0.4, -0.2) is 39.6 Å². The Hall–Kier alpha value is -3.42. The van der Waals surface area contributed by atoms with E-state index < -0.39 is 0 Å². The van der Waals surface area contributed by atoms with Crippen LogP contribution in [0.4, 0.5) is 5.82 Å². The second-order valence-electron chi connectivity index (χ2n) is 6.92. The molecule has 1 atom stereocenters. The topological polar surface area (TPSA) is 91.2 Å². The van der Waals surface area contributed by atoms with E-state index in [-0.39, 0.29) is 11.8 Å². The number of carbonyl (C=O) groups is 1. The van der Waals surface area contributed by atoms with Crippen LogP contribution in [0.1, 0.15) is 42.5 Å². The number of anilines is 1. The van der Waals surface area contributed by atoms with Crippen molar-refractivity contribution in [2.75, 3.05) is 19.0 Å². The van der Waals surface area contributed by atoms with Gasteiger partial charge in [0.1, 0.15) is 11.6 Å². The largest absolute Gasteiger partial charge is 0.494 e. The summed E-state index contributed by atoms with van der Waals surface area (Å²) in [6, 6.07) is 11.4.